The summed E-state index contributed by atoms with van der Waals surface area (Å²) >= 11 is 0. The summed E-state index contributed by atoms with van der Waals surface area (Å²) in [5, 5.41) is 5.42. The topological polar surface area (TPSA) is 67.4 Å². The van der Waals surface area contributed by atoms with Gasteiger partial charge in [-0.1, -0.05) is 32.9 Å². The minimum Gasteiger partial charge on any atom is -0.481 e. The predicted molar refractivity (Wildman–Crippen MR) is 89.4 cm³/mol. The van der Waals surface area contributed by atoms with E-state index in [4.69, 9.17) is 4.74 Å². The Hall–Kier alpha value is -2.04. The summed E-state index contributed by atoms with van der Waals surface area (Å²) in [5.74, 6) is 0.196. The lowest BCUT2D eigenvalue weighted by atomic mass is 9.87. The van der Waals surface area contributed by atoms with Gasteiger partial charge in [0.1, 0.15) is 5.75 Å². The smallest absolute Gasteiger partial charge is 0.261 e. The molecule has 0 aliphatic heterocycles. The zero-order valence-corrected chi connectivity index (χ0v) is 14.3. The van der Waals surface area contributed by atoms with Gasteiger partial charge in [0.15, 0.2) is 6.10 Å². The van der Waals surface area contributed by atoms with E-state index in [0.717, 1.165) is 12.8 Å². The van der Waals surface area contributed by atoms with Crippen molar-refractivity contribution >= 4 is 11.8 Å². The first kappa shape index (κ1) is 17.3. The maximum atomic E-state index is 12.0. The van der Waals surface area contributed by atoms with Gasteiger partial charge in [0, 0.05) is 6.04 Å². The van der Waals surface area contributed by atoms with Crippen LogP contribution < -0.4 is 15.4 Å². The van der Waals surface area contributed by atoms with Crippen LogP contribution in [0.4, 0.5) is 0 Å². The number of nitrogens with one attached hydrogen (secondary N) is 2. The lowest BCUT2D eigenvalue weighted by Crippen LogP contribution is -2.42. The number of ether oxygens (including phenoxy) is 1. The second-order valence-electron chi connectivity index (χ2n) is 7.09. The van der Waals surface area contributed by atoms with E-state index in [1.807, 2.05) is 24.3 Å². The molecule has 1 saturated carbocycles. The fourth-order valence-electron chi connectivity index (χ4n) is 2.11. The van der Waals surface area contributed by atoms with Crippen LogP contribution in [0.2, 0.25) is 0 Å². The largest absolute Gasteiger partial charge is 0.481 e. The van der Waals surface area contributed by atoms with E-state index in [9.17, 15) is 9.59 Å². The van der Waals surface area contributed by atoms with Gasteiger partial charge in [0.25, 0.3) is 5.91 Å². The standard InChI is InChI=1S/C18H26N2O3/c1-12(17(22)19-11-16(21)20-14-7-8-14)23-15-9-5-13(6-10-15)18(2,3)4/h5-6,9-10,12,14H,7-8,11H2,1-4H3,(H,19,22)(H,20,21)/t12-/m0/s1. The molecule has 2 amide bonds. The average Bonchev–Trinajstić information content (AvgIpc) is 3.28. The molecule has 0 bridgehead atoms. The Morgan fingerprint density at radius 2 is 1.83 bits per heavy atom. The van der Waals surface area contributed by atoms with Gasteiger partial charge in [-0.25, -0.2) is 0 Å². The van der Waals surface area contributed by atoms with Crippen LogP contribution in [-0.4, -0.2) is 30.5 Å². The zero-order chi connectivity index (χ0) is 17.0. The third kappa shape index (κ3) is 5.58. The third-order valence-corrected chi connectivity index (χ3v) is 3.77. The second-order valence-corrected chi connectivity index (χ2v) is 7.09. The minimum absolute atomic E-state index is 0.00794. The summed E-state index contributed by atoms with van der Waals surface area (Å²) in [6.07, 6.45) is 1.41. The fraction of sp³-hybridized carbons (Fsp3) is 0.556. The Kier molecular flexibility index (Phi) is 5.29. The van der Waals surface area contributed by atoms with Crippen molar-refractivity contribution in [3.8, 4) is 5.75 Å². The van der Waals surface area contributed by atoms with Crippen molar-refractivity contribution in [2.75, 3.05) is 6.54 Å². The van der Waals surface area contributed by atoms with Crippen LogP contribution in [0, 0.1) is 0 Å². The van der Waals surface area contributed by atoms with E-state index in [1.54, 1.807) is 6.92 Å². The first-order chi connectivity index (χ1) is 10.8. The highest BCUT2D eigenvalue weighted by atomic mass is 16.5. The van der Waals surface area contributed by atoms with Crippen molar-refractivity contribution in [1.82, 2.24) is 10.6 Å². The Bertz CT molecular complexity index is 557. The zero-order valence-electron chi connectivity index (χ0n) is 14.3. The van der Waals surface area contributed by atoms with E-state index in [-0.39, 0.29) is 23.8 Å². The molecule has 1 aromatic rings. The van der Waals surface area contributed by atoms with E-state index < -0.39 is 6.10 Å². The second kappa shape index (κ2) is 7.02. The van der Waals surface area contributed by atoms with E-state index in [2.05, 4.69) is 31.4 Å². The molecular weight excluding hydrogens is 292 g/mol. The summed E-state index contributed by atoms with van der Waals surface area (Å²) in [4.78, 5) is 23.5. The van der Waals surface area contributed by atoms with Gasteiger partial charge >= 0.3 is 0 Å². The highest BCUT2D eigenvalue weighted by molar-refractivity contribution is 5.87. The number of hydrogen-bond acceptors (Lipinski definition) is 3. The van der Waals surface area contributed by atoms with Crippen LogP contribution in [-0.2, 0) is 15.0 Å². The molecule has 1 aromatic carbocycles. The molecule has 0 saturated heterocycles. The highest BCUT2D eigenvalue weighted by Crippen LogP contribution is 2.24. The molecule has 1 atom stereocenters. The molecule has 0 radical (unpaired) electrons. The van der Waals surface area contributed by atoms with Gasteiger partial charge in [-0.05, 0) is 42.9 Å². The molecule has 0 heterocycles. The fourth-order valence-corrected chi connectivity index (χ4v) is 2.11. The summed E-state index contributed by atoms with van der Waals surface area (Å²) in [6, 6.07) is 8.04. The molecule has 1 aliphatic carbocycles. The Morgan fingerprint density at radius 1 is 1.22 bits per heavy atom. The van der Waals surface area contributed by atoms with Crippen molar-refractivity contribution in [2.45, 2.75) is 58.1 Å². The van der Waals surface area contributed by atoms with Gasteiger partial charge in [-0.2, -0.15) is 0 Å². The van der Waals surface area contributed by atoms with Crippen LogP contribution in [0.1, 0.15) is 46.1 Å². The first-order valence-electron chi connectivity index (χ1n) is 8.10. The molecule has 0 spiro atoms. The molecule has 1 fully saturated rings. The molecule has 0 unspecified atom stereocenters. The molecule has 23 heavy (non-hydrogen) atoms. The monoisotopic (exact) mass is 318 g/mol. The molecule has 2 N–H and O–H groups in total. The SMILES string of the molecule is C[C@H](Oc1ccc(C(C)(C)C)cc1)C(=O)NCC(=O)NC1CC1. The van der Waals surface area contributed by atoms with Crippen molar-refractivity contribution < 1.29 is 14.3 Å². The number of hydrogen-bond donors (Lipinski definition) is 2. The average molecular weight is 318 g/mol. The summed E-state index contributed by atoms with van der Waals surface area (Å²) < 4.78 is 5.63. The number of benzene rings is 1. The molecule has 1 aliphatic rings. The lowest BCUT2D eigenvalue weighted by molar-refractivity contribution is -0.130. The van der Waals surface area contributed by atoms with Gasteiger partial charge in [0.2, 0.25) is 5.91 Å². The number of amides is 2. The van der Waals surface area contributed by atoms with Gasteiger partial charge in [0.05, 0.1) is 6.54 Å². The molecule has 0 aromatic heterocycles. The van der Waals surface area contributed by atoms with Crippen LogP contribution >= 0.6 is 0 Å². The molecular formula is C18H26N2O3. The number of carbonyl (C=O) groups excluding carboxylic acids is 2. The van der Waals surface area contributed by atoms with Crippen LogP contribution in [0.25, 0.3) is 0 Å². The van der Waals surface area contributed by atoms with E-state index in [1.165, 1.54) is 5.56 Å². The summed E-state index contributed by atoms with van der Waals surface area (Å²) in [6.45, 7) is 8.10. The first-order valence-corrected chi connectivity index (χ1v) is 8.10. The lowest BCUT2D eigenvalue weighted by Gasteiger charge is -2.20. The van der Waals surface area contributed by atoms with Crippen molar-refractivity contribution in [2.24, 2.45) is 0 Å². The minimum atomic E-state index is -0.649. The molecule has 2 rings (SSSR count). The molecule has 5 nitrogen and oxygen atoms in total. The maximum absolute atomic E-state index is 12.0. The number of rotatable bonds is 6. The Labute approximate surface area is 137 Å². The Balaban J connectivity index is 1.79. The van der Waals surface area contributed by atoms with E-state index >= 15 is 0 Å². The third-order valence-electron chi connectivity index (χ3n) is 3.77. The summed E-state index contributed by atoms with van der Waals surface area (Å²) in [7, 11) is 0. The maximum Gasteiger partial charge on any atom is 0.261 e. The summed E-state index contributed by atoms with van der Waals surface area (Å²) in [5.41, 5.74) is 1.29. The Morgan fingerprint density at radius 3 is 2.35 bits per heavy atom. The predicted octanol–water partition coefficient (Wildman–Crippen LogP) is 2.15. The van der Waals surface area contributed by atoms with Crippen LogP contribution in [0.15, 0.2) is 24.3 Å². The highest BCUT2D eigenvalue weighted by Gasteiger charge is 2.23. The van der Waals surface area contributed by atoms with Crippen LogP contribution in [0.3, 0.4) is 0 Å². The number of carbonyl (C=O) groups is 2. The van der Waals surface area contributed by atoms with Gasteiger partial charge in [-0.15, -0.1) is 0 Å². The van der Waals surface area contributed by atoms with Crippen LogP contribution in [0.5, 0.6) is 5.75 Å². The van der Waals surface area contributed by atoms with Gasteiger partial charge in [-0.3, -0.25) is 9.59 Å². The van der Waals surface area contributed by atoms with Gasteiger partial charge < -0.3 is 15.4 Å². The van der Waals surface area contributed by atoms with E-state index in [0.29, 0.717) is 11.8 Å². The quantitative estimate of drug-likeness (QED) is 0.844. The molecule has 126 valence electrons. The molecule has 5 heteroatoms. The van der Waals surface area contributed by atoms with Crippen molar-refractivity contribution in [3.63, 3.8) is 0 Å². The normalized spacial score (nSPS) is 15.7. The van der Waals surface area contributed by atoms with Crippen molar-refractivity contribution in [3.05, 3.63) is 29.8 Å². The van der Waals surface area contributed by atoms with Crippen molar-refractivity contribution in [1.29, 1.82) is 0 Å².